The van der Waals surface area contributed by atoms with Gasteiger partial charge in [-0.15, -0.1) is 0 Å². The second-order valence-corrected chi connectivity index (χ2v) is 45.2. The lowest BCUT2D eigenvalue weighted by atomic mass is 10.0. The number of carbonyl (C=O) groups is 1. The van der Waals surface area contributed by atoms with E-state index in [-0.39, 0.29) is 156 Å². The molecule has 0 saturated carbocycles. The zero-order valence-corrected chi connectivity index (χ0v) is 81.7. The molecule has 0 spiro atoms. The Morgan fingerprint density at radius 1 is 0.493 bits per heavy atom. The monoisotopic (exact) mass is 2040 g/mol. The average molecular weight is 2040 g/mol. The van der Waals surface area contributed by atoms with E-state index in [4.69, 9.17) is 161 Å². The fourth-order valence-electron chi connectivity index (χ4n) is 14.4. The predicted molar refractivity (Wildman–Crippen MR) is 496 cm³/mol. The van der Waals surface area contributed by atoms with Crippen molar-refractivity contribution in [3.8, 4) is 6.07 Å². The van der Waals surface area contributed by atoms with Gasteiger partial charge in [0, 0.05) is 90.7 Å². The molecule has 11 rings (SSSR count). The van der Waals surface area contributed by atoms with E-state index in [1.165, 1.54) is 72.5 Å². The van der Waals surface area contributed by atoms with Crippen LogP contribution in [0.2, 0.25) is 0 Å². The molecule has 0 aromatic carbocycles. The number of ether oxygens (including phenoxy) is 5. The molecule has 48 nitrogen and oxygen atoms in total. The molecular formula is C77H106N19O29P5S4. The quantitative estimate of drug-likeness (QED) is 0.0123. The third-order valence-corrected chi connectivity index (χ3v) is 32.7. The summed E-state index contributed by atoms with van der Waals surface area (Å²) in [6.45, 7) is 27.2. The van der Waals surface area contributed by atoms with Crippen molar-refractivity contribution in [1.29, 1.82) is 5.26 Å². The fraction of sp³-hybridized carbons (Fsp3) is 0.649. The minimum atomic E-state index is -4.46. The van der Waals surface area contributed by atoms with Crippen molar-refractivity contribution in [3.63, 3.8) is 0 Å². The van der Waals surface area contributed by atoms with Crippen molar-refractivity contribution in [3.05, 3.63) is 193 Å². The predicted octanol–water partition coefficient (Wildman–Crippen LogP) is 7.40. The second-order valence-electron chi connectivity index (χ2n) is 31.8. The zero-order valence-electron chi connectivity index (χ0n) is 73.9. The molecular weight excluding hydrogens is 1940 g/mol. The lowest BCUT2D eigenvalue weighted by Gasteiger charge is -2.36. The highest BCUT2D eigenvalue weighted by Crippen LogP contribution is 2.60. The van der Waals surface area contributed by atoms with E-state index in [0.29, 0.717) is 6.42 Å². The van der Waals surface area contributed by atoms with Crippen LogP contribution >= 0.6 is 35.4 Å². The Kier molecular flexibility index (Phi) is 39.3. The highest BCUT2D eigenvalue weighted by molar-refractivity contribution is 8.08. The lowest BCUT2D eigenvalue weighted by Crippen LogP contribution is -2.36. The molecule has 6 aromatic rings. The summed E-state index contributed by atoms with van der Waals surface area (Å²) in [6.07, 6.45) is -11.4. The number of nitrogens with one attached hydrogen (secondary N) is 6. The summed E-state index contributed by atoms with van der Waals surface area (Å²) in [4.78, 5) is 166. The number of anilines is 1. The van der Waals surface area contributed by atoms with Gasteiger partial charge in [-0.25, -0.2) is 55.1 Å². The van der Waals surface area contributed by atoms with Crippen LogP contribution in [0.3, 0.4) is 0 Å². The van der Waals surface area contributed by atoms with Crippen molar-refractivity contribution in [2.75, 3.05) is 97.6 Å². The number of rotatable bonds is 48. The molecule has 20 atom stereocenters. The van der Waals surface area contributed by atoms with Gasteiger partial charge in [0.25, 0.3) is 36.3 Å². The molecule has 0 aliphatic carbocycles. The molecule has 0 bridgehead atoms. The normalized spacial score (nSPS) is 24.9. The van der Waals surface area contributed by atoms with Crippen LogP contribution < -0.4 is 55.9 Å². The van der Waals surface area contributed by atoms with Crippen LogP contribution in [0.5, 0.6) is 0 Å². The van der Waals surface area contributed by atoms with Gasteiger partial charge in [0.2, 0.25) is 38.0 Å². The third-order valence-electron chi connectivity index (χ3n) is 21.1. The number of H-pyrrole nitrogens is 5. The standard InChI is InChI=1S/C76H102N19O29P5S4.CH4/c1-42(2)66(96)84-72-83-65-64(71(101)85-72)82-41-94(65)63-31-53(124-129(133,111-26-21-81-15)114-39-56-51(29-61(118-56)92-34-48(10)69(99)88-75(92)104)122-126(130,108-23-18-78-12)112-37-54-45(7)27-59(116-54)90-32-46(8)67(97)86-73(90)102)58(120-63)40-115-128(132,110-25-20-80-14)123-52-30-62(93-35-49(11)70(100)89-76(93)105)119-57(52)38-113-127(131,109-24-19-79-13)121-50-28-60(91-33-47(9)68(98)87-74(91)103)117-55(50)36-107-125(106-22-16-17-77)95(43(3)4)44(5)6;/h32-35,41-45,50-63H,16,18-31,36-40H2,1-11H3,(H,86,97,102)(H,87,98,103)(H,88,99,104)(H,89,100,105)(H2,83,84,85,96,101);1H4/t45-,50-,51-,52-,53-,54-,55-,56-,57-,58-,59-,60-,61-,62-,63-,125?,126?,127?,128?,129?;/m1./s1. The maximum Gasteiger partial charge on any atom is 0.330 e. The number of hydrogen-bond donors (Lipinski definition) is 6. The summed E-state index contributed by atoms with van der Waals surface area (Å²) in [7, 11) is -1.92. The Balaban J connectivity index is 0.0000186. The van der Waals surface area contributed by atoms with Crippen LogP contribution in [-0.4, -0.2) is 228 Å². The van der Waals surface area contributed by atoms with Gasteiger partial charge >= 0.3 is 49.6 Å². The van der Waals surface area contributed by atoms with E-state index in [0.717, 1.165) is 9.13 Å². The van der Waals surface area contributed by atoms with Crippen molar-refractivity contribution >= 4 is 106 Å². The summed E-state index contributed by atoms with van der Waals surface area (Å²) in [5, 5.41) is 12.1. The van der Waals surface area contributed by atoms with Crippen LogP contribution in [0, 0.1) is 77.2 Å². The number of aromatic nitrogens is 12. The molecule has 57 heteroatoms. The Labute approximate surface area is 789 Å². The first-order valence-corrected chi connectivity index (χ1v) is 53.2. The number of nitrogens with zero attached hydrogens (tertiary/aromatic N) is 13. The molecule has 5 aliphatic heterocycles. The molecule has 6 N–H and O–H groups in total. The number of imidazole rings is 1. The van der Waals surface area contributed by atoms with Gasteiger partial charge in [-0.05, 0) is 115 Å². The minimum Gasteiger partial charge on any atom is -0.352 e. The number of nitriles is 1. The number of aryl methyl sites for hydroxylation is 4. The number of hydrogen-bond acceptors (Lipinski definition) is 37. The summed E-state index contributed by atoms with van der Waals surface area (Å²) < 4.78 is 132. The first kappa shape index (κ1) is 108. The van der Waals surface area contributed by atoms with Gasteiger partial charge in [-0.3, -0.25) is 81.8 Å². The van der Waals surface area contributed by atoms with Crippen LogP contribution in [0.25, 0.3) is 30.5 Å². The van der Waals surface area contributed by atoms with Crippen molar-refractivity contribution < 1.29 is 91.8 Å². The lowest BCUT2D eigenvalue weighted by molar-refractivity contribution is -0.119. The van der Waals surface area contributed by atoms with Gasteiger partial charge < -0.3 is 106 Å². The maximum absolute atomic E-state index is 13.9. The molecule has 6 aromatic heterocycles. The van der Waals surface area contributed by atoms with Crippen molar-refractivity contribution in [2.24, 2.45) is 11.8 Å². The van der Waals surface area contributed by atoms with Gasteiger partial charge in [-0.2, -0.15) is 10.2 Å². The molecule has 5 unspecified atom stereocenters. The van der Waals surface area contributed by atoms with E-state index < -0.39 is 217 Å². The molecule has 1 amide bonds. The Morgan fingerprint density at radius 3 is 1.14 bits per heavy atom. The maximum atomic E-state index is 13.9. The summed E-state index contributed by atoms with van der Waals surface area (Å²) in [5.41, 5.74) is -6.40. The first-order valence-electron chi connectivity index (χ1n) is 41.9. The van der Waals surface area contributed by atoms with E-state index in [1.807, 2.05) is 39.3 Å². The number of amides is 1. The zero-order chi connectivity index (χ0) is 96.6. The average Bonchev–Trinajstić information content (AvgIpc) is 1.62. The van der Waals surface area contributed by atoms with Crippen LogP contribution in [-0.2, 0) is 139 Å². The Hall–Kier alpha value is -7.78. The Morgan fingerprint density at radius 2 is 0.813 bits per heavy atom. The summed E-state index contributed by atoms with van der Waals surface area (Å²) in [5.74, 6) is -1.63. The SMILES string of the molecule is C.[C-]#[N+]CCOP(=S)(OC[C@H]1O[C@@H](n2cc(C)c(=O)[nH]c2=O)C[C@H]1OP(=S)(OCC[N+]#[C-])OC[C@H]1O[C@@H](n2cnc3c(=O)[nH]c(NC(=O)C(C)C)nc32)C[C@H]1OP(=S)(OCC[N+]#[C-])OC[C@H]1O[C@@H](n2cc(C)c(=O)[nH]c2=O)C[C@H]1OP(=S)(OCC[N+]#[C-])OC[C@H]1O[C@@H](n2cc(C)c(=O)[nH]c2=O)C[C@H]1C)O[C@@H]1C[C@H](n2cc(C)c(=O)[nH]c2=O)O[C@@H]1COP(OCCC#N)N(C(C)C)C(C)C. The number of fused-ring (bicyclic) bond motifs is 1. The molecule has 5 aliphatic rings. The van der Waals surface area contributed by atoms with E-state index in [1.54, 1.807) is 13.8 Å². The van der Waals surface area contributed by atoms with E-state index in [9.17, 15) is 53.2 Å². The highest BCUT2D eigenvalue weighted by atomic mass is 32.5. The molecule has 11 heterocycles. The van der Waals surface area contributed by atoms with Crippen molar-refractivity contribution in [1.82, 2.24) is 62.4 Å². The third kappa shape index (κ3) is 28.1. The van der Waals surface area contributed by atoms with Gasteiger partial charge in [-0.1, -0.05) is 28.2 Å². The molecule has 5 saturated heterocycles. The molecule has 5 fully saturated rings. The van der Waals surface area contributed by atoms with Crippen LogP contribution in [0.1, 0.15) is 148 Å². The second kappa shape index (κ2) is 48.7. The molecule has 134 heavy (non-hydrogen) atoms. The van der Waals surface area contributed by atoms with Gasteiger partial charge in [0.05, 0.1) is 89.0 Å². The van der Waals surface area contributed by atoms with E-state index in [2.05, 4.69) is 65.7 Å². The number of aromatic amines is 5. The molecule has 732 valence electrons. The highest BCUT2D eigenvalue weighted by Gasteiger charge is 2.51. The smallest absolute Gasteiger partial charge is 0.330 e. The van der Waals surface area contributed by atoms with Gasteiger partial charge in [0.1, 0.15) is 82.0 Å². The molecule has 0 radical (unpaired) electrons. The van der Waals surface area contributed by atoms with Gasteiger partial charge in [0.15, 0.2) is 11.2 Å². The fourth-order valence-corrected chi connectivity index (χ4v) is 24.5. The minimum absolute atomic E-state index is 0. The van der Waals surface area contributed by atoms with Crippen molar-refractivity contribution in [2.45, 2.75) is 220 Å². The topological polar surface area (TPSA) is 532 Å². The van der Waals surface area contributed by atoms with Crippen LogP contribution in [0.15, 0.2) is 74.3 Å². The largest absolute Gasteiger partial charge is 0.352 e. The number of carbonyl (C=O) groups excluding carboxylic acids is 1. The summed E-state index contributed by atoms with van der Waals surface area (Å²) in [6, 6.07) is 1.80. The van der Waals surface area contributed by atoms with E-state index >= 15 is 0 Å². The first-order chi connectivity index (χ1) is 63.2. The summed E-state index contributed by atoms with van der Waals surface area (Å²) >= 11 is 25.0. The van der Waals surface area contributed by atoms with Crippen LogP contribution in [0.4, 0.5) is 5.95 Å². The Bertz CT molecular complexity index is 6160.